The van der Waals surface area contributed by atoms with Gasteiger partial charge in [0.05, 0.1) is 6.21 Å². The molecule has 0 saturated carbocycles. The summed E-state index contributed by atoms with van der Waals surface area (Å²) >= 11 is 0. The smallest absolute Gasteiger partial charge is 0.213 e. The second kappa shape index (κ2) is 15.0. The highest BCUT2D eigenvalue weighted by atomic mass is 16.1. The van der Waals surface area contributed by atoms with Gasteiger partial charge in [-0.05, 0) is 31.2 Å². The molecule has 0 aliphatic carbocycles. The summed E-state index contributed by atoms with van der Waals surface area (Å²) in [5, 5.41) is 15.8. The number of Topliss-reactive ketones (excluding diaryl/α,β-unsaturated/α-hetero) is 1. The zero-order valence-electron chi connectivity index (χ0n) is 14.7. The van der Waals surface area contributed by atoms with Gasteiger partial charge in [-0.1, -0.05) is 52.4 Å². The average molecular weight is 317 g/mol. The Morgan fingerprint density at radius 1 is 1.04 bits per heavy atom. The van der Waals surface area contributed by atoms with Gasteiger partial charge in [0.25, 0.3) is 0 Å². The maximum Gasteiger partial charge on any atom is 0.213 e. The molecule has 0 rings (SSSR count). The molecule has 4 heteroatoms. The lowest BCUT2D eigenvalue weighted by Gasteiger charge is -2.20. The molecule has 0 aromatic rings. The highest BCUT2D eigenvalue weighted by molar-refractivity contribution is 6.35. The number of nitrogens with zero attached hydrogens (tertiary/aromatic N) is 2. The fourth-order valence-electron chi connectivity index (χ4n) is 2.26. The predicted molar refractivity (Wildman–Crippen MR) is 96.5 cm³/mol. The minimum absolute atomic E-state index is 0.00756. The molecule has 0 bridgehead atoms. The van der Waals surface area contributed by atoms with Crippen LogP contribution in [0.15, 0.2) is 23.9 Å². The number of unbranched alkanes of at least 4 members (excludes halogenated alkanes) is 6. The van der Waals surface area contributed by atoms with Crippen LogP contribution in [0.2, 0.25) is 0 Å². The number of rotatable bonds is 14. The first-order valence-corrected chi connectivity index (χ1v) is 8.77. The van der Waals surface area contributed by atoms with Crippen molar-refractivity contribution in [1.82, 2.24) is 4.90 Å². The average Bonchev–Trinajstić information content (AvgIpc) is 2.57. The zero-order valence-corrected chi connectivity index (χ0v) is 14.7. The zero-order chi connectivity index (χ0) is 17.3. The Labute approximate surface area is 141 Å². The Bertz CT molecular complexity index is 420. The van der Waals surface area contributed by atoms with E-state index in [-0.39, 0.29) is 5.57 Å². The van der Waals surface area contributed by atoms with E-state index in [1.54, 1.807) is 6.08 Å². The third-order valence-electron chi connectivity index (χ3n) is 3.67. The van der Waals surface area contributed by atoms with Gasteiger partial charge < -0.3 is 10.3 Å². The second-order valence-corrected chi connectivity index (χ2v) is 5.70. The number of ketones is 1. The SMILES string of the molecule is CCCCCCN(C=CC=C(C#N)C(=O)C=N)CCCCCC. The lowest BCUT2D eigenvalue weighted by molar-refractivity contribution is -0.109. The molecule has 0 aromatic heterocycles. The van der Waals surface area contributed by atoms with E-state index in [1.165, 1.54) is 57.4 Å². The van der Waals surface area contributed by atoms with Crippen molar-refractivity contribution in [3.05, 3.63) is 23.9 Å². The quantitative estimate of drug-likeness (QED) is 0.167. The first-order chi connectivity index (χ1) is 11.2. The van der Waals surface area contributed by atoms with Crippen LogP contribution in [0, 0.1) is 16.7 Å². The fourth-order valence-corrected chi connectivity index (χ4v) is 2.26. The Morgan fingerprint density at radius 3 is 2.04 bits per heavy atom. The van der Waals surface area contributed by atoms with Gasteiger partial charge in [-0.3, -0.25) is 4.79 Å². The number of hydrogen-bond donors (Lipinski definition) is 1. The standard InChI is InChI=1S/C19H31N3O/c1-3-5-7-9-13-22(14-10-8-6-4-2)15-11-12-18(16-20)19(23)17-21/h11-12,15,17,21H,3-10,13-14H2,1-2H3. The van der Waals surface area contributed by atoms with Crippen molar-refractivity contribution in [3.8, 4) is 6.07 Å². The molecule has 0 amide bonds. The third-order valence-corrected chi connectivity index (χ3v) is 3.67. The summed E-state index contributed by atoms with van der Waals surface area (Å²) in [6.07, 6.45) is 15.7. The summed E-state index contributed by atoms with van der Waals surface area (Å²) < 4.78 is 0. The van der Waals surface area contributed by atoms with Crippen LogP contribution < -0.4 is 0 Å². The van der Waals surface area contributed by atoms with E-state index in [9.17, 15) is 4.79 Å². The minimum Gasteiger partial charge on any atom is -0.377 e. The molecule has 0 radical (unpaired) electrons. The minimum atomic E-state index is -0.547. The van der Waals surface area contributed by atoms with Crippen molar-refractivity contribution in [2.75, 3.05) is 13.1 Å². The van der Waals surface area contributed by atoms with Crippen LogP contribution in [0.1, 0.15) is 65.2 Å². The molecule has 0 spiro atoms. The summed E-state index contributed by atoms with van der Waals surface area (Å²) in [4.78, 5) is 13.6. The third kappa shape index (κ3) is 11.3. The lowest BCUT2D eigenvalue weighted by atomic mass is 10.1. The predicted octanol–water partition coefficient (Wildman–Crippen LogP) is 4.63. The lowest BCUT2D eigenvalue weighted by Crippen LogP contribution is -2.20. The summed E-state index contributed by atoms with van der Waals surface area (Å²) in [5.74, 6) is -0.547. The molecule has 0 saturated heterocycles. The first-order valence-electron chi connectivity index (χ1n) is 8.77. The first kappa shape index (κ1) is 21.1. The van der Waals surface area contributed by atoms with Crippen LogP contribution >= 0.6 is 0 Å². The molecule has 0 aromatic carbocycles. The van der Waals surface area contributed by atoms with Crippen molar-refractivity contribution in [2.45, 2.75) is 65.2 Å². The van der Waals surface area contributed by atoms with E-state index < -0.39 is 5.78 Å². The molecule has 1 N–H and O–H groups in total. The number of hydrogen-bond acceptors (Lipinski definition) is 4. The van der Waals surface area contributed by atoms with E-state index in [0.717, 1.165) is 13.1 Å². The molecule has 4 nitrogen and oxygen atoms in total. The Morgan fingerprint density at radius 2 is 1.61 bits per heavy atom. The van der Waals surface area contributed by atoms with Gasteiger partial charge in [-0.2, -0.15) is 5.26 Å². The Balaban J connectivity index is 4.54. The van der Waals surface area contributed by atoms with Crippen molar-refractivity contribution in [3.63, 3.8) is 0 Å². The van der Waals surface area contributed by atoms with Crippen molar-refractivity contribution in [2.24, 2.45) is 0 Å². The summed E-state index contributed by atoms with van der Waals surface area (Å²) in [5.41, 5.74) is 0.00756. The van der Waals surface area contributed by atoms with Crippen LogP contribution in [0.5, 0.6) is 0 Å². The topological polar surface area (TPSA) is 68.0 Å². The molecule has 0 aliphatic heterocycles. The normalized spacial score (nSPS) is 11.4. The van der Waals surface area contributed by atoms with Gasteiger partial charge in [0.15, 0.2) is 0 Å². The molecular formula is C19H31N3O. The van der Waals surface area contributed by atoms with Gasteiger partial charge in [0.1, 0.15) is 11.6 Å². The van der Waals surface area contributed by atoms with Crippen LogP contribution in [-0.2, 0) is 4.79 Å². The van der Waals surface area contributed by atoms with Gasteiger partial charge in [-0.25, -0.2) is 0 Å². The number of allylic oxidation sites excluding steroid dienone is 3. The molecule has 0 fully saturated rings. The van der Waals surface area contributed by atoms with Gasteiger partial charge >= 0.3 is 0 Å². The van der Waals surface area contributed by atoms with Crippen LogP contribution in [-0.4, -0.2) is 30.0 Å². The van der Waals surface area contributed by atoms with E-state index >= 15 is 0 Å². The fraction of sp³-hybridized carbons (Fsp3) is 0.632. The van der Waals surface area contributed by atoms with Crippen molar-refractivity contribution < 1.29 is 4.79 Å². The number of nitriles is 1. The number of carbonyl (C=O) groups excluding carboxylic acids is 1. The van der Waals surface area contributed by atoms with E-state index in [4.69, 9.17) is 10.7 Å². The maximum absolute atomic E-state index is 11.3. The highest BCUT2D eigenvalue weighted by Crippen LogP contribution is 2.06. The monoisotopic (exact) mass is 317 g/mol. The van der Waals surface area contributed by atoms with Gasteiger partial charge in [-0.15, -0.1) is 0 Å². The molecule has 0 unspecified atom stereocenters. The molecular weight excluding hydrogens is 286 g/mol. The van der Waals surface area contributed by atoms with Crippen LogP contribution in [0.3, 0.4) is 0 Å². The molecule has 0 aliphatic rings. The van der Waals surface area contributed by atoms with Gasteiger partial charge in [0, 0.05) is 13.1 Å². The van der Waals surface area contributed by atoms with E-state index in [1.807, 2.05) is 12.3 Å². The summed E-state index contributed by atoms with van der Waals surface area (Å²) in [6, 6.07) is 1.84. The molecule has 0 heterocycles. The summed E-state index contributed by atoms with van der Waals surface area (Å²) in [6.45, 7) is 6.43. The largest absolute Gasteiger partial charge is 0.377 e. The highest BCUT2D eigenvalue weighted by Gasteiger charge is 2.03. The molecule has 23 heavy (non-hydrogen) atoms. The van der Waals surface area contributed by atoms with E-state index in [2.05, 4.69) is 18.7 Å². The van der Waals surface area contributed by atoms with Crippen LogP contribution in [0.25, 0.3) is 0 Å². The van der Waals surface area contributed by atoms with Crippen molar-refractivity contribution in [1.29, 1.82) is 10.7 Å². The molecule has 0 atom stereocenters. The number of carbonyl (C=O) groups is 1. The second-order valence-electron chi connectivity index (χ2n) is 5.70. The number of nitrogens with one attached hydrogen (secondary N) is 1. The Hall–Kier alpha value is -1.89. The maximum atomic E-state index is 11.3. The van der Waals surface area contributed by atoms with E-state index in [0.29, 0.717) is 6.21 Å². The van der Waals surface area contributed by atoms with Crippen molar-refractivity contribution >= 4 is 12.0 Å². The Kier molecular flexibility index (Phi) is 13.8. The van der Waals surface area contributed by atoms with Crippen LogP contribution in [0.4, 0.5) is 0 Å². The summed E-state index contributed by atoms with van der Waals surface area (Å²) in [7, 11) is 0. The van der Waals surface area contributed by atoms with Gasteiger partial charge in [0.2, 0.25) is 5.78 Å². The molecule has 128 valence electrons.